The lowest BCUT2D eigenvalue weighted by Gasteiger charge is -2.11. The zero-order chi connectivity index (χ0) is 24.2. The van der Waals surface area contributed by atoms with Crippen LogP contribution in [-0.4, -0.2) is 13.0 Å². The van der Waals surface area contributed by atoms with E-state index in [-0.39, 0.29) is 5.91 Å². The van der Waals surface area contributed by atoms with Gasteiger partial charge in [-0.25, -0.2) is 4.79 Å². The summed E-state index contributed by atoms with van der Waals surface area (Å²) in [6, 6.07) is 27.6. The molecule has 2 aromatic heterocycles. The fourth-order valence-electron chi connectivity index (χ4n) is 3.78. The van der Waals surface area contributed by atoms with Crippen LogP contribution >= 0.6 is 0 Å². The van der Waals surface area contributed by atoms with E-state index >= 15 is 0 Å². The molecule has 0 saturated heterocycles. The fourth-order valence-corrected chi connectivity index (χ4v) is 3.78. The zero-order valence-corrected chi connectivity index (χ0v) is 18.9. The average Bonchev–Trinajstić information content (AvgIpc) is 3.37. The highest BCUT2D eigenvalue weighted by Crippen LogP contribution is 2.32. The van der Waals surface area contributed by atoms with Gasteiger partial charge in [0.1, 0.15) is 22.9 Å². The molecule has 0 atom stereocenters. The predicted molar refractivity (Wildman–Crippen MR) is 136 cm³/mol. The Kier molecular flexibility index (Phi) is 6.01. The molecule has 0 spiro atoms. The number of rotatable bonds is 6. The quantitative estimate of drug-likeness (QED) is 0.233. The first-order valence-electron chi connectivity index (χ1n) is 11.0. The Bertz CT molecular complexity index is 1590. The molecule has 5 rings (SSSR count). The van der Waals surface area contributed by atoms with Crippen molar-refractivity contribution in [1.29, 1.82) is 0 Å². The SMILES string of the molecule is COc1cc(NC(=O)/C=C/c2ccc(-c3ccccc3)o2)ccc1-c1cc2ccccc2oc1=O. The predicted octanol–water partition coefficient (Wildman–Crippen LogP) is 6.38. The number of amides is 1. The lowest BCUT2D eigenvalue weighted by atomic mass is 10.0. The first-order valence-corrected chi connectivity index (χ1v) is 11.0. The molecule has 0 fully saturated rings. The van der Waals surface area contributed by atoms with E-state index in [2.05, 4.69) is 5.32 Å². The monoisotopic (exact) mass is 463 g/mol. The number of nitrogens with one attached hydrogen (secondary N) is 1. The molecule has 0 aliphatic heterocycles. The molecule has 2 heterocycles. The van der Waals surface area contributed by atoms with Gasteiger partial charge >= 0.3 is 5.63 Å². The van der Waals surface area contributed by atoms with Gasteiger partial charge in [0.25, 0.3) is 0 Å². The lowest BCUT2D eigenvalue weighted by Crippen LogP contribution is -2.08. The number of hydrogen-bond acceptors (Lipinski definition) is 5. The molecule has 6 heteroatoms. The van der Waals surface area contributed by atoms with Crippen LogP contribution in [0.25, 0.3) is 39.5 Å². The van der Waals surface area contributed by atoms with Gasteiger partial charge in [0.2, 0.25) is 5.91 Å². The third-order valence-electron chi connectivity index (χ3n) is 5.48. The number of furan rings is 1. The van der Waals surface area contributed by atoms with Crippen LogP contribution in [0.5, 0.6) is 5.75 Å². The molecule has 0 aliphatic carbocycles. The maximum absolute atomic E-state index is 12.6. The van der Waals surface area contributed by atoms with Crippen molar-refractivity contribution in [2.45, 2.75) is 0 Å². The maximum atomic E-state index is 12.6. The first-order chi connectivity index (χ1) is 17.1. The standard InChI is InChI=1S/C29H21NO5/c1-33-27-18-21(11-14-23(27)24-17-20-9-5-6-10-25(20)35-29(24)32)30-28(31)16-13-22-12-15-26(34-22)19-7-3-2-4-8-19/h2-18H,1H3,(H,30,31)/b16-13+. The van der Waals surface area contributed by atoms with Crippen LogP contribution in [0.4, 0.5) is 5.69 Å². The Morgan fingerprint density at radius 1 is 0.857 bits per heavy atom. The van der Waals surface area contributed by atoms with Gasteiger partial charge in [0.05, 0.1) is 12.7 Å². The highest BCUT2D eigenvalue weighted by molar-refractivity contribution is 6.02. The first kappa shape index (κ1) is 22.0. The minimum atomic E-state index is -0.463. The second-order valence-corrected chi connectivity index (χ2v) is 7.79. The van der Waals surface area contributed by atoms with Crippen molar-refractivity contribution < 1.29 is 18.4 Å². The summed E-state index contributed by atoms with van der Waals surface area (Å²) >= 11 is 0. The minimum Gasteiger partial charge on any atom is -0.496 e. The molecule has 6 nitrogen and oxygen atoms in total. The van der Waals surface area contributed by atoms with Crippen LogP contribution in [0.2, 0.25) is 0 Å². The van der Waals surface area contributed by atoms with E-state index in [1.807, 2.05) is 54.6 Å². The maximum Gasteiger partial charge on any atom is 0.344 e. The Balaban J connectivity index is 1.33. The summed E-state index contributed by atoms with van der Waals surface area (Å²) < 4.78 is 16.7. The second kappa shape index (κ2) is 9.57. The summed E-state index contributed by atoms with van der Waals surface area (Å²) in [6.45, 7) is 0. The molecule has 3 aromatic carbocycles. The number of benzene rings is 3. The Morgan fingerprint density at radius 2 is 1.66 bits per heavy atom. The van der Waals surface area contributed by atoms with E-state index < -0.39 is 5.63 Å². The van der Waals surface area contributed by atoms with Crippen LogP contribution in [0, 0.1) is 0 Å². The lowest BCUT2D eigenvalue weighted by molar-refractivity contribution is -0.111. The van der Waals surface area contributed by atoms with Crippen LogP contribution < -0.4 is 15.7 Å². The van der Waals surface area contributed by atoms with Crippen molar-refractivity contribution in [3.63, 3.8) is 0 Å². The van der Waals surface area contributed by atoms with E-state index in [9.17, 15) is 9.59 Å². The second-order valence-electron chi connectivity index (χ2n) is 7.79. The van der Waals surface area contributed by atoms with E-state index in [1.54, 1.807) is 42.5 Å². The Hall–Kier alpha value is -4.84. The average molecular weight is 463 g/mol. The van der Waals surface area contributed by atoms with Gasteiger partial charge in [-0.3, -0.25) is 4.79 Å². The molecule has 0 aliphatic rings. The fraction of sp³-hybridized carbons (Fsp3) is 0.0345. The molecule has 0 unspecified atom stereocenters. The minimum absolute atomic E-state index is 0.331. The number of fused-ring (bicyclic) bond motifs is 1. The molecule has 1 N–H and O–H groups in total. The van der Waals surface area contributed by atoms with Gasteiger partial charge < -0.3 is 18.9 Å². The molecule has 35 heavy (non-hydrogen) atoms. The Labute approximate surface area is 201 Å². The van der Waals surface area contributed by atoms with Crippen molar-refractivity contribution in [1.82, 2.24) is 0 Å². The smallest absolute Gasteiger partial charge is 0.344 e. The van der Waals surface area contributed by atoms with Crippen molar-refractivity contribution >= 4 is 28.6 Å². The van der Waals surface area contributed by atoms with Crippen molar-refractivity contribution in [2.24, 2.45) is 0 Å². The molecular formula is C29H21NO5. The van der Waals surface area contributed by atoms with E-state index in [1.165, 1.54) is 13.2 Å². The highest BCUT2D eigenvalue weighted by Gasteiger charge is 2.14. The molecule has 0 bridgehead atoms. The molecule has 5 aromatic rings. The summed E-state index contributed by atoms with van der Waals surface area (Å²) in [6.07, 6.45) is 3.00. The van der Waals surface area contributed by atoms with Gasteiger partial charge in [0.15, 0.2) is 0 Å². The van der Waals surface area contributed by atoms with Crippen LogP contribution in [0.1, 0.15) is 5.76 Å². The number of carbonyl (C=O) groups excluding carboxylic acids is 1. The van der Waals surface area contributed by atoms with Gasteiger partial charge in [-0.05, 0) is 42.5 Å². The van der Waals surface area contributed by atoms with Crippen molar-refractivity contribution in [2.75, 3.05) is 12.4 Å². The Morgan fingerprint density at radius 3 is 2.49 bits per heavy atom. The van der Waals surface area contributed by atoms with Crippen LogP contribution in [-0.2, 0) is 4.79 Å². The third kappa shape index (κ3) is 4.77. The molecule has 1 amide bonds. The number of para-hydroxylation sites is 1. The van der Waals surface area contributed by atoms with Gasteiger partial charge in [0, 0.05) is 34.3 Å². The van der Waals surface area contributed by atoms with E-state index in [0.29, 0.717) is 33.9 Å². The van der Waals surface area contributed by atoms with Crippen LogP contribution in [0.3, 0.4) is 0 Å². The summed E-state index contributed by atoms with van der Waals surface area (Å²) in [5, 5.41) is 3.60. The zero-order valence-electron chi connectivity index (χ0n) is 18.9. The number of hydrogen-bond donors (Lipinski definition) is 1. The highest BCUT2D eigenvalue weighted by atomic mass is 16.5. The number of ether oxygens (including phenoxy) is 1. The molecule has 0 saturated carbocycles. The number of methoxy groups -OCH3 is 1. The van der Waals surface area contributed by atoms with Gasteiger partial charge in [-0.15, -0.1) is 0 Å². The summed E-state index contributed by atoms with van der Waals surface area (Å²) in [5.74, 6) is 1.40. The number of carbonyl (C=O) groups is 1. The largest absolute Gasteiger partial charge is 0.496 e. The normalized spacial score (nSPS) is 11.1. The van der Waals surface area contributed by atoms with Crippen LogP contribution in [0.15, 0.2) is 111 Å². The summed E-state index contributed by atoms with van der Waals surface area (Å²) in [5.41, 5.74) is 2.49. The summed E-state index contributed by atoms with van der Waals surface area (Å²) in [7, 11) is 1.51. The topological polar surface area (TPSA) is 81.7 Å². The van der Waals surface area contributed by atoms with Crippen molar-refractivity contribution in [3.05, 3.63) is 113 Å². The molecular weight excluding hydrogens is 442 g/mol. The number of anilines is 1. The third-order valence-corrected chi connectivity index (χ3v) is 5.48. The van der Waals surface area contributed by atoms with Gasteiger partial charge in [-0.2, -0.15) is 0 Å². The molecule has 172 valence electrons. The molecule has 0 radical (unpaired) electrons. The van der Waals surface area contributed by atoms with Gasteiger partial charge in [-0.1, -0.05) is 48.5 Å². The van der Waals surface area contributed by atoms with E-state index in [4.69, 9.17) is 13.6 Å². The van der Waals surface area contributed by atoms with Crippen molar-refractivity contribution in [3.8, 4) is 28.2 Å². The van der Waals surface area contributed by atoms with E-state index in [0.717, 1.165) is 16.7 Å². The summed E-state index contributed by atoms with van der Waals surface area (Å²) in [4.78, 5) is 25.0.